The lowest BCUT2D eigenvalue weighted by atomic mass is 10.1. The van der Waals surface area contributed by atoms with Crippen LogP contribution in [0.25, 0.3) is 10.2 Å². The lowest BCUT2D eigenvalue weighted by Gasteiger charge is -2.30. The van der Waals surface area contributed by atoms with Crippen LogP contribution in [0.5, 0.6) is 10.9 Å². The first kappa shape index (κ1) is 20.7. The zero-order valence-corrected chi connectivity index (χ0v) is 17.2. The van der Waals surface area contributed by atoms with Crippen molar-refractivity contribution in [3.8, 4) is 10.9 Å². The molecule has 0 atom stereocenters. The number of fused-ring (bicyclic) bond motifs is 1. The number of para-hydroxylation sites is 1. The molecule has 4 rings (SSSR count). The van der Waals surface area contributed by atoms with Crippen LogP contribution in [0.2, 0.25) is 0 Å². The van der Waals surface area contributed by atoms with Gasteiger partial charge in [0.15, 0.2) is 0 Å². The molecule has 3 aromatic rings. The molecule has 0 unspecified atom stereocenters. The highest BCUT2D eigenvalue weighted by molar-refractivity contribution is 7.20. The molecule has 2 heterocycles. The van der Waals surface area contributed by atoms with Crippen LogP contribution in [0.3, 0.4) is 0 Å². The van der Waals surface area contributed by atoms with Gasteiger partial charge in [-0.1, -0.05) is 35.6 Å². The van der Waals surface area contributed by atoms with Crippen molar-refractivity contribution >= 4 is 21.6 Å². The number of benzene rings is 2. The number of aromatic nitrogens is 1. The second-order valence-corrected chi connectivity index (χ2v) is 8.15. The van der Waals surface area contributed by atoms with E-state index in [0.717, 1.165) is 53.5 Å². The minimum absolute atomic E-state index is 0.380. The predicted octanol–water partition coefficient (Wildman–Crippen LogP) is 3.95. The summed E-state index contributed by atoms with van der Waals surface area (Å²) in [4.78, 5) is 6.97. The highest BCUT2D eigenvalue weighted by Crippen LogP contribution is 2.31. The van der Waals surface area contributed by atoms with Gasteiger partial charge in [0.05, 0.1) is 10.2 Å². The van der Waals surface area contributed by atoms with Gasteiger partial charge < -0.3 is 15.7 Å². The molecule has 1 saturated heterocycles. The van der Waals surface area contributed by atoms with Gasteiger partial charge in [0, 0.05) is 26.7 Å². The number of piperidine rings is 1. The third-order valence-corrected chi connectivity index (χ3v) is 5.36. The van der Waals surface area contributed by atoms with Gasteiger partial charge in [-0.15, -0.1) is 0 Å². The van der Waals surface area contributed by atoms with Crippen molar-refractivity contribution in [2.75, 3.05) is 27.2 Å². The largest absolute Gasteiger partial charge is 0.431 e. The molecule has 150 valence electrons. The smallest absolute Gasteiger partial charge is 0.279 e. The molecule has 7 heteroatoms. The molecule has 0 bridgehead atoms. The van der Waals surface area contributed by atoms with E-state index in [-0.39, 0.29) is 0 Å². The van der Waals surface area contributed by atoms with Gasteiger partial charge in [0.1, 0.15) is 5.75 Å². The van der Waals surface area contributed by atoms with Crippen molar-refractivity contribution in [1.82, 2.24) is 14.9 Å². The number of nitrogens with zero attached hydrogens (tertiary/aromatic N) is 3. The van der Waals surface area contributed by atoms with E-state index in [0.29, 0.717) is 11.2 Å². The minimum Gasteiger partial charge on any atom is -0.431 e. The van der Waals surface area contributed by atoms with Gasteiger partial charge >= 0.3 is 0 Å². The fourth-order valence-corrected chi connectivity index (χ4v) is 3.86. The number of likely N-dealkylation sites (tertiary alicyclic amines) is 1. The van der Waals surface area contributed by atoms with Crippen molar-refractivity contribution in [3.05, 3.63) is 54.1 Å². The molecule has 6 nitrogen and oxygen atoms in total. The molecule has 1 fully saturated rings. The number of rotatable bonds is 4. The molecule has 0 radical (unpaired) electrons. The summed E-state index contributed by atoms with van der Waals surface area (Å²) < 4.78 is 7.05. The van der Waals surface area contributed by atoms with E-state index >= 15 is 0 Å². The maximum Gasteiger partial charge on any atom is 0.279 e. The molecule has 0 saturated carbocycles. The first-order valence-corrected chi connectivity index (χ1v) is 10.3. The fraction of sp³-hybridized carbons (Fsp3) is 0.381. The molecular formula is C21H28N4O2S. The lowest BCUT2D eigenvalue weighted by molar-refractivity contribution is -0.0372. The topological polar surface area (TPSA) is 74.8 Å². The van der Waals surface area contributed by atoms with Crippen LogP contribution in [0.4, 0.5) is 0 Å². The summed E-state index contributed by atoms with van der Waals surface area (Å²) >= 11 is 1.57. The van der Waals surface area contributed by atoms with Crippen molar-refractivity contribution in [2.24, 2.45) is 5.73 Å². The first-order valence-electron chi connectivity index (χ1n) is 9.46. The highest BCUT2D eigenvalue weighted by Gasteiger charge is 2.16. The zero-order chi connectivity index (χ0) is 19.9. The van der Waals surface area contributed by atoms with Crippen molar-refractivity contribution < 1.29 is 9.94 Å². The number of hydrogen-bond acceptors (Lipinski definition) is 7. The fourth-order valence-electron chi connectivity index (χ4n) is 3.03. The highest BCUT2D eigenvalue weighted by atomic mass is 32.1. The molecule has 3 N–H and O–H groups in total. The second kappa shape index (κ2) is 9.95. The summed E-state index contributed by atoms with van der Waals surface area (Å²) in [6.07, 6.45) is 2.19. The first-order chi connectivity index (χ1) is 13.5. The van der Waals surface area contributed by atoms with Crippen molar-refractivity contribution in [3.63, 3.8) is 0 Å². The van der Waals surface area contributed by atoms with E-state index in [1.165, 1.54) is 5.56 Å². The Bertz CT molecular complexity index is 822. The van der Waals surface area contributed by atoms with Crippen molar-refractivity contribution in [2.45, 2.75) is 25.4 Å². The summed E-state index contributed by atoms with van der Waals surface area (Å²) in [6.45, 7) is 3.16. The van der Waals surface area contributed by atoms with Gasteiger partial charge in [-0.25, -0.2) is 4.98 Å². The molecule has 28 heavy (non-hydrogen) atoms. The van der Waals surface area contributed by atoms with Crippen LogP contribution < -0.4 is 10.5 Å². The third-order valence-electron chi connectivity index (χ3n) is 4.44. The number of thiazole rings is 1. The Balaban J connectivity index is 0.000000516. The van der Waals surface area contributed by atoms with Gasteiger partial charge in [-0.05, 0) is 55.8 Å². The number of nitrogens with two attached hydrogens (primary N) is 1. The summed E-state index contributed by atoms with van der Waals surface area (Å²) in [5.41, 5.74) is 8.25. The summed E-state index contributed by atoms with van der Waals surface area (Å²) in [5, 5.41) is 9.58. The summed E-state index contributed by atoms with van der Waals surface area (Å²) in [7, 11) is 3.11. The standard InChI is InChI=1S/C19H21N3OS.C2H7NO/c20-15-9-11-22(12-10-15)13-14-5-7-16(8-6-14)23-19-21-17-3-1-2-4-18(17)24-19;1-3(2)4/h1-8,15H,9-13,20H2;4H,1-2H3. The van der Waals surface area contributed by atoms with Gasteiger partial charge in [0.2, 0.25) is 0 Å². The normalized spacial score (nSPS) is 15.5. The molecule has 1 aromatic heterocycles. The molecule has 1 aliphatic heterocycles. The Labute approximate surface area is 170 Å². The second-order valence-electron chi connectivity index (χ2n) is 7.15. The Morgan fingerprint density at radius 1 is 1.14 bits per heavy atom. The van der Waals surface area contributed by atoms with Crippen LogP contribution in [-0.2, 0) is 6.54 Å². The number of ether oxygens (including phenoxy) is 1. The zero-order valence-electron chi connectivity index (χ0n) is 16.4. The van der Waals surface area contributed by atoms with Crippen molar-refractivity contribution in [1.29, 1.82) is 0 Å². The van der Waals surface area contributed by atoms with Crippen LogP contribution in [0, 0.1) is 0 Å². The van der Waals surface area contributed by atoms with E-state index < -0.39 is 0 Å². The van der Waals surface area contributed by atoms with Gasteiger partial charge in [-0.2, -0.15) is 5.06 Å². The van der Waals surface area contributed by atoms with E-state index in [2.05, 4.69) is 28.1 Å². The van der Waals surface area contributed by atoms with Crippen LogP contribution in [0.15, 0.2) is 48.5 Å². The molecule has 0 aliphatic carbocycles. The maximum absolute atomic E-state index is 7.89. The van der Waals surface area contributed by atoms with E-state index in [4.69, 9.17) is 15.7 Å². The predicted molar refractivity (Wildman–Crippen MR) is 114 cm³/mol. The van der Waals surface area contributed by atoms with Crippen LogP contribution >= 0.6 is 11.3 Å². The Kier molecular flexibility index (Phi) is 7.36. The summed E-state index contributed by atoms with van der Waals surface area (Å²) in [6, 6.07) is 16.8. The van der Waals surface area contributed by atoms with Gasteiger partial charge in [0.25, 0.3) is 5.19 Å². The van der Waals surface area contributed by atoms with Gasteiger partial charge in [-0.3, -0.25) is 4.90 Å². The molecule has 0 amide bonds. The molecular weight excluding hydrogens is 372 g/mol. The summed E-state index contributed by atoms with van der Waals surface area (Å²) in [5.74, 6) is 0.832. The van der Waals surface area contributed by atoms with E-state index in [1.54, 1.807) is 25.4 Å². The minimum atomic E-state index is 0.380. The lowest BCUT2D eigenvalue weighted by Crippen LogP contribution is -2.39. The number of hydrogen-bond donors (Lipinski definition) is 2. The SMILES string of the molecule is CN(C)O.NC1CCN(Cc2ccc(Oc3nc4ccccc4s3)cc2)CC1. The average molecular weight is 401 g/mol. The molecule has 1 aliphatic rings. The average Bonchev–Trinajstić information content (AvgIpc) is 3.07. The molecule has 0 spiro atoms. The van der Waals surface area contributed by atoms with Crippen LogP contribution in [-0.4, -0.2) is 53.4 Å². The molecule has 2 aromatic carbocycles. The van der Waals surface area contributed by atoms with Crippen LogP contribution in [0.1, 0.15) is 18.4 Å². The monoisotopic (exact) mass is 400 g/mol. The van der Waals surface area contributed by atoms with E-state index in [1.807, 2.05) is 30.3 Å². The Morgan fingerprint density at radius 3 is 2.43 bits per heavy atom. The maximum atomic E-state index is 7.89. The number of hydroxylamine groups is 2. The Hall–Kier alpha value is -2.03. The van der Waals surface area contributed by atoms with E-state index in [9.17, 15) is 0 Å². The Morgan fingerprint density at radius 2 is 1.79 bits per heavy atom. The quantitative estimate of drug-likeness (QED) is 0.646. The third kappa shape index (κ3) is 6.25.